The molecule has 0 spiro atoms. The van der Waals surface area contributed by atoms with E-state index in [1.54, 1.807) is 26.0 Å². The summed E-state index contributed by atoms with van der Waals surface area (Å²) in [5, 5.41) is 8.39. The highest BCUT2D eigenvalue weighted by molar-refractivity contribution is 7.16. The lowest BCUT2D eigenvalue weighted by atomic mass is 10.1. The van der Waals surface area contributed by atoms with Gasteiger partial charge >= 0.3 is 0 Å². The van der Waals surface area contributed by atoms with Crippen LogP contribution in [-0.2, 0) is 11.3 Å². The van der Waals surface area contributed by atoms with Gasteiger partial charge in [-0.15, -0.1) is 11.3 Å². The van der Waals surface area contributed by atoms with Crippen LogP contribution >= 0.6 is 11.3 Å². The van der Waals surface area contributed by atoms with E-state index in [-0.39, 0.29) is 12.1 Å². The number of fused-ring (bicyclic) bond motifs is 1. The van der Waals surface area contributed by atoms with Gasteiger partial charge in [-0.2, -0.15) is 5.10 Å². The van der Waals surface area contributed by atoms with E-state index in [1.165, 1.54) is 17.4 Å². The molecule has 0 saturated carbocycles. The minimum atomic E-state index is -0.970. The van der Waals surface area contributed by atoms with Crippen molar-refractivity contribution in [2.24, 2.45) is 0 Å². The Morgan fingerprint density at radius 2 is 1.83 bits per heavy atom. The summed E-state index contributed by atoms with van der Waals surface area (Å²) in [4.78, 5) is 30.1. The van der Waals surface area contributed by atoms with Crippen molar-refractivity contribution in [1.82, 2.24) is 14.8 Å². The molecule has 9 heteroatoms. The lowest BCUT2D eigenvalue weighted by Crippen LogP contribution is -2.30. The molecule has 0 fully saturated rings. The maximum absolute atomic E-state index is 13.5. The first-order valence-corrected chi connectivity index (χ1v) is 9.84. The Bertz CT molecular complexity index is 1350. The molecule has 2 heterocycles. The molecule has 2 aromatic carbocycles. The lowest BCUT2D eigenvalue weighted by Gasteiger charge is -2.08. The number of halogens is 2. The van der Waals surface area contributed by atoms with Crippen LogP contribution in [0.2, 0.25) is 0 Å². The van der Waals surface area contributed by atoms with Crippen molar-refractivity contribution in [3.63, 3.8) is 0 Å². The zero-order chi connectivity index (χ0) is 21.4. The van der Waals surface area contributed by atoms with Crippen molar-refractivity contribution >= 4 is 33.1 Å². The van der Waals surface area contributed by atoms with Crippen molar-refractivity contribution in [2.75, 3.05) is 5.32 Å². The molecule has 30 heavy (non-hydrogen) atoms. The highest BCUT2D eigenvalue weighted by Gasteiger charge is 2.15. The first kappa shape index (κ1) is 19.8. The molecular weight excluding hydrogens is 410 g/mol. The number of amides is 1. The molecule has 0 unspecified atom stereocenters. The fourth-order valence-electron chi connectivity index (χ4n) is 3.17. The summed E-state index contributed by atoms with van der Waals surface area (Å²) in [5.74, 6) is -2.38. The Balaban J connectivity index is 1.57. The summed E-state index contributed by atoms with van der Waals surface area (Å²) in [6.07, 6.45) is 0. The predicted molar refractivity (Wildman–Crippen MR) is 112 cm³/mol. The van der Waals surface area contributed by atoms with E-state index in [4.69, 9.17) is 0 Å². The first-order chi connectivity index (χ1) is 14.3. The van der Waals surface area contributed by atoms with Gasteiger partial charge in [0.05, 0.1) is 16.8 Å². The molecule has 0 aliphatic heterocycles. The number of nitrogens with one attached hydrogen (secondary N) is 1. The standard InChI is InChI=1S/C21H16F2N4O2S/c1-11-14-5-3-4-6-15(14)20(29)27(26-11)10-18(28)24-21-25-19(12(2)30-21)13-7-8-16(22)17(23)9-13/h3-9H,10H2,1-2H3,(H,24,25,28). The van der Waals surface area contributed by atoms with Crippen molar-refractivity contribution in [2.45, 2.75) is 20.4 Å². The van der Waals surface area contributed by atoms with Crippen molar-refractivity contribution in [3.8, 4) is 11.3 Å². The third-order valence-corrected chi connectivity index (χ3v) is 5.47. The van der Waals surface area contributed by atoms with Crippen LogP contribution in [0.1, 0.15) is 10.6 Å². The zero-order valence-electron chi connectivity index (χ0n) is 16.1. The topological polar surface area (TPSA) is 76.9 Å². The molecule has 0 aliphatic rings. The highest BCUT2D eigenvalue weighted by atomic mass is 32.1. The van der Waals surface area contributed by atoms with Crippen LogP contribution in [0.4, 0.5) is 13.9 Å². The Morgan fingerprint density at radius 3 is 2.57 bits per heavy atom. The van der Waals surface area contributed by atoms with Crippen molar-refractivity contribution in [3.05, 3.63) is 75.0 Å². The van der Waals surface area contributed by atoms with E-state index >= 15 is 0 Å². The van der Waals surface area contributed by atoms with Gasteiger partial charge in [0.1, 0.15) is 6.54 Å². The van der Waals surface area contributed by atoms with Crippen LogP contribution in [-0.4, -0.2) is 20.7 Å². The number of carbonyl (C=O) groups is 1. The molecule has 1 amide bonds. The van der Waals surface area contributed by atoms with Crippen molar-refractivity contribution < 1.29 is 13.6 Å². The van der Waals surface area contributed by atoms with E-state index in [9.17, 15) is 18.4 Å². The second-order valence-electron chi connectivity index (χ2n) is 6.69. The maximum Gasteiger partial charge on any atom is 0.275 e. The molecule has 0 bridgehead atoms. The monoisotopic (exact) mass is 426 g/mol. The number of hydrogen-bond acceptors (Lipinski definition) is 5. The average Bonchev–Trinajstić information content (AvgIpc) is 3.08. The number of anilines is 1. The summed E-state index contributed by atoms with van der Waals surface area (Å²) in [6.45, 7) is 3.26. The van der Waals surface area contributed by atoms with Crippen LogP contribution in [0.25, 0.3) is 22.0 Å². The van der Waals surface area contributed by atoms with Crippen molar-refractivity contribution in [1.29, 1.82) is 0 Å². The summed E-state index contributed by atoms with van der Waals surface area (Å²) in [5.41, 5.74) is 1.14. The molecule has 0 aliphatic carbocycles. The van der Waals surface area contributed by atoms with Gasteiger partial charge in [0.2, 0.25) is 5.91 Å². The molecule has 0 radical (unpaired) electrons. The Kier molecular flexibility index (Phi) is 5.13. The van der Waals surface area contributed by atoms with E-state index in [0.29, 0.717) is 27.5 Å². The van der Waals surface area contributed by atoms with E-state index in [1.807, 2.05) is 12.1 Å². The number of aryl methyl sites for hydroxylation is 2. The molecule has 6 nitrogen and oxygen atoms in total. The first-order valence-electron chi connectivity index (χ1n) is 9.02. The lowest BCUT2D eigenvalue weighted by molar-refractivity contribution is -0.117. The molecule has 2 aromatic heterocycles. The molecule has 152 valence electrons. The van der Waals surface area contributed by atoms with Gasteiger partial charge in [-0.1, -0.05) is 18.2 Å². The summed E-state index contributed by atoms with van der Waals surface area (Å²) in [6, 6.07) is 10.6. The average molecular weight is 426 g/mol. The van der Waals surface area contributed by atoms with Gasteiger partial charge in [-0.25, -0.2) is 18.4 Å². The normalized spacial score (nSPS) is 11.1. The van der Waals surface area contributed by atoms with Gasteiger partial charge < -0.3 is 5.32 Å². The second-order valence-corrected chi connectivity index (χ2v) is 7.90. The third-order valence-electron chi connectivity index (χ3n) is 4.58. The summed E-state index contributed by atoms with van der Waals surface area (Å²) < 4.78 is 27.8. The largest absolute Gasteiger partial charge is 0.300 e. The van der Waals surface area contributed by atoms with Crippen LogP contribution in [0.3, 0.4) is 0 Å². The van der Waals surface area contributed by atoms with E-state index < -0.39 is 17.5 Å². The SMILES string of the molecule is Cc1sc(NC(=O)Cn2nc(C)c3ccccc3c2=O)nc1-c1ccc(F)c(F)c1. The minimum absolute atomic E-state index is 0.274. The van der Waals surface area contributed by atoms with E-state index in [0.717, 1.165) is 27.1 Å². The number of carbonyl (C=O) groups excluding carboxylic acids is 1. The molecule has 0 saturated heterocycles. The third kappa shape index (κ3) is 3.71. The number of rotatable bonds is 4. The Hall–Kier alpha value is -3.46. The fraction of sp³-hybridized carbons (Fsp3) is 0.143. The number of aromatic nitrogens is 3. The molecule has 1 N–H and O–H groups in total. The van der Waals surface area contributed by atoms with Gasteiger partial charge in [-0.3, -0.25) is 9.59 Å². The summed E-state index contributed by atoms with van der Waals surface area (Å²) in [7, 11) is 0. The molecule has 4 aromatic rings. The van der Waals surface area contributed by atoms with Gasteiger partial charge in [-0.05, 0) is 38.1 Å². The molecule has 4 rings (SSSR count). The maximum atomic E-state index is 13.5. The zero-order valence-corrected chi connectivity index (χ0v) is 16.9. The molecular formula is C21H16F2N4O2S. The van der Waals surface area contributed by atoms with Crippen LogP contribution < -0.4 is 10.9 Å². The highest BCUT2D eigenvalue weighted by Crippen LogP contribution is 2.31. The fourth-order valence-corrected chi connectivity index (χ4v) is 4.02. The van der Waals surface area contributed by atoms with Gasteiger partial charge in [0.15, 0.2) is 16.8 Å². The van der Waals surface area contributed by atoms with Gasteiger partial charge in [0, 0.05) is 15.8 Å². The predicted octanol–water partition coefficient (Wildman–Crippen LogP) is 4.05. The second kappa shape index (κ2) is 7.75. The molecule has 0 atom stereocenters. The van der Waals surface area contributed by atoms with Crippen LogP contribution in [0, 0.1) is 25.5 Å². The number of hydrogen-bond donors (Lipinski definition) is 1. The Morgan fingerprint density at radius 1 is 1.10 bits per heavy atom. The number of benzene rings is 2. The summed E-state index contributed by atoms with van der Waals surface area (Å²) >= 11 is 1.20. The minimum Gasteiger partial charge on any atom is -0.300 e. The number of nitrogens with zero attached hydrogens (tertiary/aromatic N) is 3. The number of thiazole rings is 1. The van der Waals surface area contributed by atoms with Crippen LogP contribution in [0.15, 0.2) is 47.3 Å². The smallest absolute Gasteiger partial charge is 0.275 e. The quantitative estimate of drug-likeness (QED) is 0.534. The van der Waals surface area contributed by atoms with Crippen LogP contribution in [0.5, 0.6) is 0 Å². The van der Waals surface area contributed by atoms with Gasteiger partial charge in [0.25, 0.3) is 5.56 Å². The van der Waals surface area contributed by atoms with E-state index in [2.05, 4.69) is 15.4 Å². The Labute approximate surface area is 173 Å².